The summed E-state index contributed by atoms with van der Waals surface area (Å²) in [6.07, 6.45) is 1.84. The number of anilines is 1. The number of hydrogen-bond donors (Lipinski definition) is 1. The zero-order valence-electron chi connectivity index (χ0n) is 13.2. The smallest absolute Gasteiger partial charge is 0.414 e. The van der Waals surface area contributed by atoms with Crippen molar-refractivity contribution in [3.63, 3.8) is 0 Å². The van der Waals surface area contributed by atoms with Gasteiger partial charge in [-0.2, -0.15) is 0 Å². The molecule has 1 aliphatic heterocycles. The topological polar surface area (TPSA) is 60.0 Å². The molecule has 1 amide bonds. The fourth-order valence-electron chi connectivity index (χ4n) is 3.32. The quantitative estimate of drug-likeness (QED) is 0.922. The molecule has 22 heavy (non-hydrogen) atoms. The van der Waals surface area contributed by atoms with Crippen LogP contribution < -0.4 is 19.7 Å². The van der Waals surface area contributed by atoms with Gasteiger partial charge >= 0.3 is 6.09 Å². The molecule has 0 spiro atoms. The van der Waals surface area contributed by atoms with Crippen molar-refractivity contribution in [3.8, 4) is 11.5 Å². The van der Waals surface area contributed by atoms with Crippen LogP contribution in [0.4, 0.5) is 10.5 Å². The average Bonchev–Trinajstić information content (AvgIpc) is 3.12. The minimum Gasteiger partial charge on any atom is -0.497 e. The van der Waals surface area contributed by atoms with E-state index in [4.69, 9.17) is 14.2 Å². The van der Waals surface area contributed by atoms with Crippen LogP contribution in [-0.4, -0.2) is 46.1 Å². The SMILES string of the molecule is COc1ccc(N(C)C(=O)OC2C3CCC2NC3)c(OC)c1. The minimum atomic E-state index is -0.353. The summed E-state index contributed by atoms with van der Waals surface area (Å²) >= 11 is 0. The van der Waals surface area contributed by atoms with E-state index in [0.29, 0.717) is 29.1 Å². The van der Waals surface area contributed by atoms with Crippen LogP contribution in [0.15, 0.2) is 18.2 Å². The fraction of sp³-hybridized carbons (Fsp3) is 0.562. The monoisotopic (exact) mass is 306 g/mol. The van der Waals surface area contributed by atoms with Gasteiger partial charge in [-0.15, -0.1) is 0 Å². The number of nitrogens with zero attached hydrogens (tertiary/aromatic N) is 1. The normalized spacial score (nSPS) is 25.9. The van der Waals surface area contributed by atoms with Crippen LogP contribution in [0.3, 0.4) is 0 Å². The Bertz CT molecular complexity index is 543. The molecule has 3 unspecified atom stereocenters. The van der Waals surface area contributed by atoms with Gasteiger partial charge in [0.15, 0.2) is 0 Å². The Morgan fingerprint density at radius 2 is 2.09 bits per heavy atom. The highest BCUT2D eigenvalue weighted by Gasteiger charge is 2.44. The second kappa shape index (κ2) is 6.04. The second-order valence-corrected chi connectivity index (χ2v) is 5.80. The van der Waals surface area contributed by atoms with Gasteiger partial charge in [-0.25, -0.2) is 4.79 Å². The summed E-state index contributed by atoms with van der Waals surface area (Å²) in [5.74, 6) is 1.70. The number of fused-ring (bicyclic) bond motifs is 2. The van der Waals surface area contributed by atoms with E-state index in [1.54, 1.807) is 39.5 Å². The van der Waals surface area contributed by atoms with E-state index in [-0.39, 0.29) is 12.2 Å². The number of ether oxygens (including phenoxy) is 3. The average molecular weight is 306 g/mol. The van der Waals surface area contributed by atoms with E-state index in [9.17, 15) is 4.79 Å². The molecule has 6 nitrogen and oxygen atoms in total. The maximum Gasteiger partial charge on any atom is 0.414 e. The standard InChI is InChI=1S/C16H22N2O4/c1-18(13-7-5-11(20-2)8-14(13)21-3)16(19)22-15-10-4-6-12(15)17-9-10/h5,7-8,10,12,15,17H,4,6,9H2,1-3H3. The first-order valence-corrected chi connectivity index (χ1v) is 7.53. The minimum absolute atomic E-state index is 0.0146. The third kappa shape index (κ3) is 2.59. The molecule has 3 atom stereocenters. The third-order valence-corrected chi connectivity index (χ3v) is 4.61. The van der Waals surface area contributed by atoms with Crippen LogP contribution in [0.2, 0.25) is 0 Å². The van der Waals surface area contributed by atoms with Crippen molar-refractivity contribution in [2.45, 2.75) is 25.0 Å². The van der Waals surface area contributed by atoms with Crippen LogP contribution in [0.1, 0.15) is 12.8 Å². The summed E-state index contributed by atoms with van der Waals surface area (Å²) in [7, 11) is 4.85. The molecule has 6 heteroatoms. The fourth-order valence-corrected chi connectivity index (χ4v) is 3.32. The number of nitrogens with one attached hydrogen (secondary N) is 1. The molecule has 1 heterocycles. The molecular weight excluding hydrogens is 284 g/mol. The number of benzene rings is 1. The maximum atomic E-state index is 12.4. The summed E-state index contributed by atoms with van der Waals surface area (Å²) in [5, 5.41) is 3.39. The second-order valence-electron chi connectivity index (χ2n) is 5.80. The van der Waals surface area contributed by atoms with Crippen molar-refractivity contribution in [1.29, 1.82) is 0 Å². The van der Waals surface area contributed by atoms with Crippen molar-refractivity contribution in [3.05, 3.63) is 18.2 Å². The van der Waals surface area contributed by atoms with Crippen LogP contribution in [0, 0.1) is 5.92 Å². The number of rotatable bonds is 4. The molecule has 0 radical (unpaired) electrons. The van der Waals surface area contributed by atoms with E-state index >= 15 is 0 Å². The molecule has 0 aromatic heterocycles. The van der Waals surface area contributed by atoms with Gasteiger partial charge < -0.3 is 19.5 Å². The highest BCUT2D eigenvalue weighted by molar-refractivity contribution is 5.89. The molecule has 2 bridgehead atoms. The number of methoxy groups -OCH3 is 2. The van der Waals surface area contributed by atoms with Gasteiger partial charge in [0.25, 0.3) is 0 Å². The van der Waals surface area contributed by atoms with Gasteiger partial charge in [0.1, 0.15) is 17.6 Å². The molecule has 2 fully saturated rings. The Morgan fingerprint density at radius 1 is 1.27 bits per heavy atom. The summed E-state index contributed by atoms with van der Waals surface area (Å²) in [6, 6.07) is 5.64. The zero-order chi connectivity index (χ0) is 15.7. The first-order chi connectivity index (χ1) is 10.6. The molecule has 1 aliphatic carbocycles. The molecule has 2 aliphatic rings. The van der Waals surface area contributed by atoms with E-state index in [0.717, 1.165) is 19.4 Å². The molecule has 1 N–H and O–H groups in total. The lowest BCUT2D eigenvalue weighted by molar-refractivity contribution is 0.0914. The van der Waals surface area contributed by atoms with E-state index in [1.165, 1.54) is 4.90 Å². The van der Waals surface area contributed by atoms with Crippen molar-refractivity contribution in [2.75, 3.05) is 32.7 Å². The highest BCUT2D eigenvalue weighted by atomic mass is 16.6. The van der Waals surface area contributed by atoms with E-state index in [2.05, 4.69) is 5.32 Å². The van der Waals surface area contributed by atoms with Crippen molar-refractivity contribution >= 4 is 11.8 Å². The van der Waals surface area contributed by atoms with Crippen molar-refractivity contribution in [2.24, 2.45) is 5.92 Å². The largest absolute Gasteiger partial charge is 0.497 e. The first kappa shape index (κ1) is 15.0. The Hall–Kier alpha value is -1.95. The number of carbonyl (C=O) groups is 1. The molecule has 1 saturated carbocycles. The van der Waals surface area contributed by atoms with Gasteiger partial charge in [-0.05, 0) is 25.0 Å². The summed E-state index contributed by atoms with van der Waals surface area (Å²) in [5.41, 5.74) is 0.659. The maximum absolute atomic E-state index is 12.4. The number of carbonyl (C=O) groups excluding carboxylic acids is 1. The highest BCUT2D eigenvalue weighted by Crippen LogP contribution is 2.35. The van der Waals surface area contributed by atoms with Crippen LogP contribution in [0.25, 0.3) is 0 Å². The predicted molar refractivity (Wildman–Crippen MR) is 82.7 cm³/mol. The number of amides is 1. The Kier molecular flexibility index (Phi) is 4.11. The number of hydrogen-bond acceptors (Lipinski definition) is 5. The lowest BCUT2D eigenvalue weighted by Crippen LogP contribution is -2.36. The molecule has 120 valence electrons. The van der Waals surface area contributed by atoms with Crippen LogP contribution >= 0.6 is 0 Å². The van der Waals surface area contributed by atoms with Gasteiger partial charge in [0.05, 0.1) is 19.9 Å². The number of piperidine rings is 1. The third-order valence-electron chi connectivity index (χ3n) is 4.61. The first-order valence-electron chi connectivity index (χ1n) is 7.53. The van der Waals surface area contributed by atoms with Gasteiger partial charge in [-0.1, -0.05) is 0 Å². The molecule has 1 saturated heterocycles. The molecule has 1 aromatic rings. The van der Waals surface area contributed by atoms with Crippen molar-refractivity contribution in [1.82, 2.24) is 5.32 Å². The van der Waals surface area contributed by atoms with Crippen molar-refractivity contribution < 1.29 is 19.0 Å². The van der Waals surface area contributed by atoms with Gasteiger partial charge in [-0.3, -0.25) is 4.90 Å². The Balaban J connectivity index is 1.73. The molecular formula is C16H22N2O4. The van der Waals surface area contributed by atoms with Crippen LogP contribution in [0.5, 0.6) is 11.5 Å². The van der Waals surface area contributed by atoms with E-state index in [1.807, 2.05) is 0 Å². The lowest BCUT2D eigenvalue weighted by atomic mass is 10.1. The lowest BCUT2D eigenvalue weighted by Gasteiger charge is -2.23. The Morgan fingerprint density at radius 3 is 2.64 bits per heavy atom. The molecule has 1 aromatic carbocycles. The zero-order valence-corrected chi connectivity index (χ0v) is 13.2. The summed E-state index contributed by atoms with van der Waals surface area (Å²) < 4.78 is 16.2. The van der Waals surface area contributed by atoms with Gasteiger partial charge in [0.2, 0.25) is 0 Å². The summed E-state index contributed by atoms with van der Waals surface area (Å²) in [4.78, 5) is 13.9. The van der Waals surface area contributed by atoms with Gasteiger partial charge in [0, 0.05) is 31.6 Å². The van der Waals surface area contributed by atoms with E-state index < -0.39 is 0 Å². The predicted octanol–water partition coefficient (Wildman–Crippen LogP) is 2.03. The van der Waals surface area contributed by atoms with Crippen LogP contribution in [-0.2, 0) is 4.74 Å². The Labute approximate surface area is 130 Å². The summed E-state index contributed by atoms with van der Waals surface area (Å²) in [6.45, 7) is 0.943. The molecule has 3 rings (SSSR count).